The summed E-state index contributed by atoms with van der Waals surface area (Å²) >= 11 is 0. The first kappa shape index (κ1) is 71.2. The van der Waals surface area contributed by atoms with E-state index in [9.17, 15) is 34.2 Å². The molecule has 3 unspecified atom stereocenters. The van der Waals surface area contributed by atoms with E-state index in [4.69, 9.17) is 38.4 Å². The predicted octanol–water partition coefficient (Wildman–Crippen LogP) is 5.95. The number of Topliss-reactive ketones (excluding diaryl/α,β-unsaturated/α-hetero) is 1. The summed E-state index contributed by atoms with van der Waals surface area (Å²) in [5.41, 5.74) is -2.61. The highest BCUT2D eigenvalue weighted by atomic mass is 16.6. The molecule has 1 aromatic heterocycles. The highest BCUT2D eigenvalue weighted by Crippen LogP contribution is 2.53. The molecule has 484 valence electrons. The molecule has 0 saturated heterocycles. The summed E-state index contributed by atoms with van der Waals surface area (Å²) in [6.45, 7) is 21.2. The molecule has 5 rings (SSSR count). The van der Waals surface area contributed by atoms with Gasteiger partial charge in [0.15, 0.2) is 0 Å². The van der Waals surface area contributed by atoms with Gasteiger partial charge in [-0.3, -0.25) is 14.4 Å². The van der Waals surface area contributed by atoms with Crippen molar-refractivity contribution in [2.45, 2.75) is 181 Å². The van der Waals surface area contributed by atoms with Crippen molar-refractivity contribution >= 4 is 47.6 Å². The highest BCUT2D eigenvalue weighted by molar-refractivity contribution is 5.77. The minimum Gasteiger partial charge on any atom is -0.449 e. The van der Waals surface area contributed by atoms with E-state index in [1.807, 2.05) is 60.3 Å². The van der Waals surface area contributed by atoms with Crippen molar-refractivity contribution in [3.63, 3.8) is 0 Å². The zero-order chi connectivity index (χ0) is 62.6. The smallest absolute Gasteiger partial charge is 0.407 e. The third-order valence-electron chi connectivity index (χ3n) is 16.9. The van der Waals surface area contributed by atoms with E-state index in [1.165, 1.54) is 6.92 Å². The summed E-state index contributed by atoms with van der Waals surface area (Å²) < 4.78 is 36.7. The number of carbonyl (C=O) groups excluding carboxylic acids is 5. The number of nitrogens with zero attached hydrogens (tertiary/aromatic N) is 5. The average molecular weight is 1210 g/mol. The number of alkyl carbamates (subject to hydrolysis) is 2. The van der Waals surface area contributed by atoms with Crippen LogP contribution in [0.15, 0.2) is 0 Å². The maximum absolute atomic E-state index is 13.1. The molecule has 86 heavy (non-hydrogen) atoms. The van der Waals surface area contributed by atoms with Gasteiger partial charge in [0.25, 0.3) is 0 Å². The third-order valence-corrected chi connectivity index (χ3v) is 16.9. The number of amides is 4. The number of aromatic nitrogens is 3. The number of nitrogens with one attached hydrogen (secondary N) is 5. The largest absolute Gasteiger partial charge is 0.449 e. The van der Waals surface area contributed by atoms with Crippen LogP contribution < -0.4 is 36.4 Å². The number of aliphatic hydroxyl groups excluding tert-OH is 2. The van der Waals surface area contributed by atoms with E-state index in [-0.39, 0.29) is 121 Å². The fourth-order valence-electron chi connectivity index (χ4n) is 11.1. The fraction of sp³-hybridized carbons (Fsp3) is 0.810. The zero-order valence-electron chi connectivity index (χ0n) is 53.2. The summed E-state index contributed by atoms with van der Waals surface area (Å²) in [7, 11) is 0. The number of ketones is 1. The lowest BCUT2D eigenvalue weighted by Gasteiger charge is -2.33. The summed E-state index contributed by atoms with van der Waals surface area (Å²) in [5.74, 6) is 16.4. The summed E-state index contributed by atoms with van der Waals surface area (Å²) in [6, 6.07) is 0. The van der Waals surface area contributed by atoms with E-state index in [1.54, 1.807) is 4.90 Å². The number of carbonyl (C=O) groups is 5. The van der Waals surface area contributed by atoms with Gasteiger partial charge in [0.05, 0.1) is 81.7 Å². The molecule has 1 aromatic rings. The average Bonchev–Trinajstić information content (AvgIpc) is 2.11. The van der Waals surface area contributed by atoms with Crippen LogP contribution in [0.5, 0.6) is 0 Å². The second kappa shape index (κ2) is 36.1. The summed E-state index contributed by atoms with van der Waals surface area (Å²) in [5, 5.41) is 34.2. The Labute approximate surface area is 511 Å². The Morgan fingerprint density at radius 2 is 0.953 bits per heavy atom. The van der Waals surface area contributed by atoms with Crippen molar-refractivity contribution in [2.75, 3.05) is 127 Å². The second-order valence-electron chi connectivity index (χ2n) is 25.3. The molecule has 4 aliphatic carbocycles. The van der Waals surface area contributed by atoms with Crippen LogP contribution in [-0.2, 0) is 42.8 Å². The van der Waals surface area contributed by atoms with E-state index in [0.717, 1.165) is 51.4 Å². The van der Waals surface area contributed by atoms with E-state index >= 15 is 0 Å². The summed E-state index contributed by atoms with van der Waals surface area (Å²) in [4.78, 5) is 80.2. The molecule has 7 atom stereocenters. The molecule has 2 saturated carbocycles. The highest BCUT2D eigenvalue weighted by Gasteiger charge is 2.50. The van der Waals surface area contributed by atoms with Crippen LogP contribution in [0.2, 0.25) is 0 Å². The Morgan fingerprint density at radius 3 is 1.41 bits per heavy atom. The van der Waals surface area contributed by atoms with Crippen molar-refractivity contribution in [3.8, 4) is 23.7 Å². The van der Waals surface area contributed by atoms with Gasteiger partial charge in [-0.2, -0.15) is 15.0 Å². The topological polar surface area (TPSA) is 286 Å². The SMILES string of the molecule is CCC(C)(CC(=O)NCCNC(=O)OCC1[C@H]2CCC#CCC[C@@H]12)OCCC(C)(C)OCCN(CCOC(C)(C)CCOC(C)(C)CCC(=O)NCCNC(=O)OCC1[C@H]2CCC#CCC[C@@H]12)c1nc(NCCC(C)=O)nc(N(CCO)CCO)n1. The predicted molar refractivity (Wildman–Crippen MR) is 328 cm³/mol. The number of anilines is 3. The van der Waals surface area contributed by atoms with Crippen LogP contribution >= 0.6 is 0 Å². The molecule has 23 nitrogen and oxygen atoms in total. The number of rotatable bonds is 42. The molecule has 4 amide bonds. The quantitative estimate of drug-likeness (QED) is 0.0294. The van der Waals surface area contributed by atoms with Gasteiger partial charge in [-0.25, -0.2) is 9.59 Å². The number of hydrogen-bond acceptors (Lipinski definition) is 19. The molecule has 2 fully saturated rings. The molecular formula is C63H104N10O13. The fourth-order valence-corrected chi connectivity index (χ4v) is 11.1. The van der Waals surface area contributed by atoms with Crippen molar-refractivity contribution in [1.29, 1.82) is 0 Å². The Kier molecular flexibility index (Phi) is 29.8. The summed E-state index contributed by atoms with van der Waals surface area (Å²) in [6.07, 6.45) is 9.73. The van der Waals surface area contributed by atoms with Crippen LogP contribution in [0.3, 0.4) is 0 Å². The lowest BCUT2D eigenvalue weighted by molar-refractivity contribution is -0.130. The van der Waals surface area contributed by atoms with Gasteiger partial charge in [0, 0.05) is 97.4 Å². The molecule has 0 aromatic carbocycles. The van der Waals surface area contributed by atoms with Gasteiger partial charge >= 0.3 is 12.2 Å². The van der Waals surface area contributed by atoms with E-state index in [0.29, 0.717) is 107 Å². The first-order chi connectivity index (χ1) is 41.0. The van der Waals surface area contributed by atoms with Crippen LogP contribution in [0, 0.1) is 59.2 Å². The van der Waals surface area contributed by atoms with Crippen molar-refractivity contribution in [3.05, 3.63) is 0 Å². The van der Waals surface area contributed by atoms with Crippen LogP contribution in [0.1, 0.15) is 159 Å². The molecule has 7 N–H and O–H groups in total. The lowest BCUT2D eigenvalue weighted by Crippen LogP contribution is -2.41. The minimum atomic E-state index is -0.738. The van der Waals surface area contributed by atoms with Gasteiger partial charge < -0.3 is 75.0 Å². The first-order valence-corrected chi connectivity index (χ1v) is 31.6. The van der Waals surface area contributed by atoms with E-state index in [2.05, 4.69) is 55.2 Å². The number of hydrogen-bond donors (Lipinski definition) is 7. The molecule has 23 heteroatoms. The minimum absolute atomic E-state index is 0.00493. The molecule has 0 bridgehead atoms. The van der Waals surface area contributed by atoms with Crippen molar-refractivity contribution < 1.29 is 62.6 Å². The molecular weight excluding hydrogens is 1100 g/mol. The third kappa shape index (κ3) is 26.8. The van der Waals surface area contributed by atoms with Gasteiger partial charge in [0.2, 0.25) is 29.7 Å². The maximum Gasteiger partial charge on any atom is 0.407 e. The second-order valence-corrected chi connectivity index (χ2v) is 25.3. The molecule has 4 aliphatic rings. The van der Waals surface area contributed by atoms with Crippen LogP contribution in [0.25, 0.3) is 0 Å². The van der Waals surface area contributed by atoms with Gasteiger partial charge in [0.1, 0.15) is 5.78 Å². The monoisotopic (exact) mass is 1210 g/mol. The van der Waals surface area contributed by atoms with Crippen LogP contribution in [-0.4, -0.2) is 189 Å². The normalized spacial score (nSPS) is 20.4. The molecule has 0 spiro atoms. The van der Waals surface area contributed by atoms with Crippen molar-refractivity contribution in [1.82, 2.24) is 36.2 Å². The van der Waals surface area contributed by atoms with E-state index < -0.39 is 34.6 Å². The lowest BCUT2D eigenvalue weighted by atomic mass is 9.97. The Bertz CT molecular complexity index is 2380. The Morgan fingerprint density at radius 1 is 0.535 bits per heavy atom. The van der Waals surface area contributed by atoms with Gasteiger partial charge in [-0.1, -0.05) is 6.92 Å². The Balaban J connectivity index is 1.06. The molecule has 1 heterocycles. The molecule has 0 aliphatic heterocycles. The van der Waals surface area contributed by atoms with Crippen molar-refractivity contribution in [2.24, 2.45) is 35.5 Å². The standard InChI is InChI=1S/C63H104N10O13/c1-10-63(9,43-54(78)65-30-32-68-59(80)82-45-52-49-21-17-13-14-18-22-50(49)52)86-40-27-62(7,8)85-42-36-73(57-70-55(66-28-24-46(2)76)69-56(71-57)72(33-37-74)34-38-75)35-41-84-61(5,6)26-39-83-60(3,4)25-23-53(77)64-29-31-67-58(79)81-44-51-47-19-15-11-12-16-20-48(47)51/h47-52,74-75H,10,15-45H2,1-9H3,(H,64,77)(H,65,78)(H,67,79)(H,68,80)(H,66,69,70,71)/t47-,48+,49-,50+,51?,52?,63?. The number of ether oxygens (including phenoxy) is 6. The zero-order valence-corrected chi connectivity index (χ0v) is 53.2. The first-order valence-electron chi connectivity index (χ1n) is 31.6. The molecule has 0 radical (unpaired) electrons. The number of aliphatic hydroxyl groups is 2. The Hall–Kier alpha value is -5.56. The van der Waals surface area contributed by atoms with Gasteiger partial charge in [-0.05, 0) is 142 Å². The number of fused-ring (bicyclic) bond motifs is 2. The van der Waals surface area contributed by atoms with Crippen LogP contribution in [0.4, 0.5) is 27.4 Å². The van der Waals surface area contributed by atoms with Gasteiger partial charge in [-0.15, -0.1) is 23.7 Å². The maximum atomic E-state index is 13.1.